The van der Waals surface area contributed by atoms with E-state index in [0.29, 0.717) is 37.1 Å². The third-order valence-corrected chi connectivity index (χ3v) is 8.81. The van der Waals surface area contributed by atoms with Gasteiger partial charge in [-0.2, -0.15) is 8.42 Å². The van der Waals surface area contributed by atoms with Crippen molar-refractivity contribution in [2.24, 2.45) is 5.92 Å². The number of hydrogen-bond donors (Lipinski definition) is 4. The second kappa shape index (κ2) is 13.1. The Hall–Kier alpha value is -3.32. The molecule has 1 aromatic carbocycles. The Balaban J connectivity index is 1.53. The zero-order valence-corrected chi connectivity index (χ0v) is 26.2. The van der Waals surface area contributed by atoms with E-state index in [0.717, 1.165) is 12.8 Å². The van der Waals surface area contributed by atoms with Crippen LogP contribution < -0.4 is 20.1 Å². The third-order valence-electron chi connectivity index (χ3n) is 7.62. The van der Waals surface area contributed by atoms with E-state index in [2.05, 4.69) is 15.4 Å². The van der Waals surface area contributed by atoms with E-state index in [4.69, 9.17) is 16.3 Å². The minimum absolute atomic E-state index is 0.164. The number of nitrogens with zero attached hydrogens (tertiary/aromatic N) is 1. The van der Waals surface area contributed by atoms with Gasteiger partial charge in [0.25, 0.3) is 11.8 Å². The Labute approximate surface area is 257 Å². The van der Waals surface area contributed by atoms with Crippen LogP contribution in [0.2, 0.25) is 5.02 Å². The van der Waals surface area contributed by atoms with Gasteiger partial charge in [-0.15, -0.1) is 0 Å². The number of alkyl carbamates (subject to hydrolysis) is 1. The molecule has 0 bridgehead atoms. The fourth-order valence-electron chi connectivity index (χ4n) is 5.45. The van der Waals surface area contributed by atoms with Crippen LogP contribution in [0.4, 0.5) is 10.5 Å². The number of allylic oxidation sites excluding steroid dienone is 1. The number of fused-ring (bicyclic) bond motifs is 2. The van der Waals surface area contributed by atoms with Gasteiger partial charge >= 0.3 is 16.3 Å². The summed E-state index contributed by atoms with van der Waals surface area (Å²) in [6.45, 7) is 5.70. The average molecular weight is 638 g/mol. The molecule has 0 radical (unpaired) electrons. The highest BCUT2D eigenvalue weighted by Gasteiger charge is 2.61. The van der Waals surface area contributed by atoms with Crippen LogP contribution in [0.15, 0.2) is 36.4 Å². The number of amides is 4. The highest BCUT2D eigenvalue weighted by atomic mass is 35.5. The van der Waals surface area contributed by atoms with Gasteiger partial charge in [-0.25, -0.2) is 9.52 Å². The Morgan fingerprint density at radius 1 is 1.12 bits per heavy atom. The molecule has 1 aliphatic carbocycles. The van der Waals surface area contributed by atoms with E-state index >= 15 is 0 Å². The monoisotopic (exact) mass is 637 g/mol. The number of ether oxygens (including phenoxy) is 1. The first-order chi connectivity index (χ1) is 20.2. The molecular formula is C29H40ClN5O7S. The molecule has 2 aliphatic heterocycles. The van der Waals surface area contributed by atoms with Crippen LogP contribution in [0.1, 0.15) is 72.1 Å². The number of benzene rings is 1. The van der Waals surface area contributed by atoms with E-state index in [9.17, 15) is 27.6 Å². The molecule has 4 amide bonds. The number of anilines is 1. The zero-order chi connectivity index (χ0) is 31.4. The van der Waals surface area contributed by atoms with E-state index < -0.39 is 63.2 Å². The number of hydrogen-bond acceptors (Lipinski definition) is 7. The summed E-state index contributed by atoms with van der Waals surface area (Å²) in [5, 5.41) is 5.80. The molecule has 3 aliphatic rings. The second-order valence-electron chi connectivity index (χ2n) is 12.3. The van der Waals surface area contributed by atoms with Crippen LogP contribution in [-0.4, -0.2) is 66.9 Å². The molecule has 4 rings (SSSR count). The quantitative estimate of drug-likeness (QED) is 0.360. The first-order valence-corrected chi connectivity index (χ1v) is 16.4. The molecule has 0 aromatic heterocycles. The highest BCUT2D eigenvalue weighted by Crippen LogP contribution is 2.45. The van der Waals surface area contributed by atoms with E-state index in [-0.39, 0.29) is 18.7 Å². The lowest BCUT2D eigenvalue weighted by Gasteiger charge is -2.30. The van der Waals surface area contributed by atoms with Crippen molar-refractivity contribution in [3.05, 3.63) is 41.4 Å². The molecule has 1 aromatic rings. The maximum absolute atomic E-state index is 13.7. The van der Waals surface area contributed by atoms with Crippen LogP contribution in [0, 0.1) is 5.92 Å². The summed E-state index contributed by atoms with van der Waals surface area (Å²) >= 11 is 5.95. The smallest absolute Gasteiger partial charge is 0.408 e. The van der Waals surface area contributed by atoms with Gasteiger partial charge in [0.2, 0.25) is 5.91 Å². The topological polar surface area (TPSA) is 163 Å². The van der Waals surface area contributed by atoms with Crippen molar-refractivity contribution in [2.75, 3.05) is 11.3 Å². The van der Waals surface area contributed by atoms with Crippen molar-refractivity contribution in [3.63, 3.8) is 0 Å². The first-order valence-electron chi connectivity index (χ1n) is 14.6. The predicted octanol–water partition coefficient (Wildman–Crippen LogP) is 3.39. The standard InChI is InChI=1S/C29H40ClN5O7S/c1-28(2,3)32-27(39)42-23-15-8-6-4-5-7-11-19-18-29(19,31-24(36)22-14-10-16-35(22)25(23)37)26(38)34-43(40,41)33-21-13-9-12-20(30)17-21/h7,9,11-13,17,19,22-23,33H,4-6,8,10,14-16,18H2,1-3H3,(H,31,36)(H,32,39)(H,34,38)/t19-,22+,23+,29-/m1/s1. The van der Waals surface area contributed by atoms with Crippen molar-refractivity contribution >= 4 is 51.3 Å². The van der Waals surface area contributed by atoms with Crippen LogP contribution in [0.3, 0.4) is 0 Å². The normalized spacial score (nSPS) is 26.6. The van der Waals surface area contributed by atoms with Gasteiger partial charge in [-0.05, 0) is 83.9 Å². The first kappa shape index (κ1) is 32.6. The molecule has 14 heteroatoms. The Kier molecular flexibility index (Phi) is 9.95. The Morgan fingerprint density at radius 3 is 2.60 bits per heavy atom. The lowest BCUT2D eigenvalue weighted by atomic mass is 10.1. The van der Waals surface area contributed by atoms with E-state index in [1.54, 1.807) is 32.9 Å². The summed E-state index contributed by atoms with van der Waals surface area (Å²) in [6, 6.07) is 5.12. The Bertz CT molecular complexity index is 1380. The average Bonchev–Trinajstić information content (AvgIpc) is 3.35. The van der Waals surface area contributed by atoms with Gasteiger partial charge in [-0.3, -0.25) is 19.1 Å². The van der Waals surface area contributed by atoms with Gasteiger partial charge in [0, 0.05) is 23.0 Å². The number of halogens is 1. The molecule has 236 valence electrons. The van der Waals surface area contributed by atoms with Crippen LogP contribution in [0.5, 0.6) is 0 Å². The summed E-state index contributed by atoms with van der Waals surface area (Å²) in [6.07, 6.45) is 6.30. The lowest BCUT2D eigenvalue weighted by molar-refractivity contribution is -0.146. The van der Waals surface area contributed by atoms with Crippen LogP contribution >= 0.6 is 11.6 Å². The van der Waals surface area contributed by atoms with E-state index in [1.165, 1.54) is 17.0 Å². The number of carbonyl (C=O) groups is 4. The zero-order valence-electron chi connectivity index (χ0n) is 24.7. The molecule has 1 saturated carbocycles. The molecular weight excluding hydrogens is 598 g/mol. The SMILES string of the molecule is CC(C)(C)NC(=O)O[C@H]1CCCCCC=C[C@@H]2C[C@@]2(C(=O)NS(=O)(=O)Nc2cccc(Cl)c2)NC(=O)[C@@H]2CCCN2C1=O. The number of rotatable bonds is 5. The number of carbonyl (C=O) groups excluding carboxylic acids is 4. The van der Waals surface area contributed by atoms with Crippen molar-refractivity contribution in [3.8, 4) is 0 Å². The molecule has 4 N–H and O–H groups in total. The molecule has 0 unspecified atom stereocenters. The van der Waals surface area contributed by atoms with Crippen LogP contribution in [-0.2, 0) is 29.3 Å². The number of nitrogens with one attached hydrogen (secondary N) is 4. The third kappa shape index (κ3) is 8.62. The molecule has 2 heterocycles. The summed E-state index contributed by atoms with van der Waals surface area (Å²) in [7, 11) is -4.36. The maximum Gasteiger partial charge on any atom is 0.408 e. The summed E-state index contributed by atoms with van der Waals surface area (Å²) in [5.41, 5.74) is -1.90. The van der Waals surface area contributed by atoms with E-state index in [1.807, 2.05) is 16.9 Å². The minimum Gasteiger partial charge on any atom is -0.436 e. The largest absolute Gasteiger partial charge is 0.436 e. The molecule has 1 saturated heterocycles. The fraction of sp³-hybridized carbons (Fsp3) is 0.586. The summed E-state index contributed by atoms with van der Waals surface area (Å²) < 4.78 is 35.5. The molecule has 2 fully saturated rings. The highest BCUT2D eigenvalue weighted by molar-refractivity contribution is 7.91. The molecule has 12 nitrogen and oxygen atoms in total. The van der Waals surface area contributed by atoms with Crippen molar-refractivity contribution < 1.29 is 32.3 Å². The van der Waals surface area contributed by atoms with Crippen molar-refractivity contribution in [2.45, 2.75) is 95.4 Å². The fourth-order valence-corrected chi connectivity index (χ4v) is 6.55. The summed E-state index contributed by atoms with van der Waals surface area (Å²) in [4.78, 5) is 54.7. The van der Waals surface area contributed by atoms with Crippen molar-refractivity contribution in [1.29, 1.82) is 0 Å². The minimum atomic E-state index is -4.36. The van der Waals surface area contributed by atoms with Gasteiger partial charge in [0.1, 0.15) is 11.6 Å². The van der Waals surface area contributed by atoms with Crippen molar-refractivity contribution in [1.82, 2.24) is 20.3 Å². The maximum atomic E-state index is 13.7. The lowest BCUT2D eigenvalue weighted by Crippen LogP contribution is -2.57. The van der Waals surface area contributed by atoms with Crippen LogP contribution in [0.25, 0.3) is 0 Å². The van der Waals surface area contributed by atoms with Gasteiger partial charge in [0.15, 0.2) is 6.10 Å². The summed E-state index contributed by atoms with van der Waals surface area (Å²) in [5.74, 6) is -2.34. The molecule has 4 atom stereocenters. The van der Waals surface area contributed by atoms with Gasteiger partial charge in [0.05, 0.1) is 5.69 Å². The predicted molar refractivity (Wildman–Crippen MR) is 161 cm³/mol. The van der Waals surface area contributed by atoms with Gasteiger partial charge in [-0.1, -0.05) is 36.2 Å². The van der Waals surface area contributed by atoms with Gasteiger partial charge < -0.3 is 20.3 Å². The molecule has 43 heavy (non-hydrogen) atoms. The Morgan fingerprint density at radius 2 is 1.88 bits per heavy atom. The second-order valence-corrected chi connectivity index (χ2v) is 14.2. The molecule has 0 spiro atoms.